The highest BCUT2D eigenvalue weighted by atomic mass is 16.5. The lowest BCUT2D eigenvalue weighted by Gasteiger charge is -2.60. The fraction of sp³-hybridized carbons (Fsp3) is 0.769. The summed E-state index contributed by atoms with van der Waals surface area (Å²) in [6.07, 6.45) is 1.01. The Morgan fingerprint density at radius 2 is 2.24 bits per heavy atom. The Morgan fingerprint density at radius 3 is 2.82 bits per heavy atom. The van der Waals surface area contributed by atoms with Crippen LogP contribution in [0.1, 0.15) is 27.2 Å². The van der Waals surface area contributed by atoms with Gasteiger partial charge in [-0.25, -0.2) is 0 Å². The topological polar surface area (TPSA) is 64.4 Å². The number of nitrogens with two attached hydrogens (primary N) is 1. The molecule has 2 aliphatic rings. The fourth-order valence-corrected chi connectivity index (χ4v) is 3.22. The van der Waals surface area contributed by atoms with Crippen LogP contribution in [0.4, 0.5) is 0 Å². The molecule has 0 spiro atoms. The van der Waals surface area contributed by atoms with E-state index in [0.717, 1.165) is 12.0 Å². The van der Waals surface area contributed by atoms with Crippen LogP contribution in [0.2, 0.25) is 0 Å². The Morgan fingerprint density at radius 1 is 1.59 bits per heavy atom. The molecule has 0 bridgehead atoms. The second kappa shape index (κ2) is 3.82. The summed E-state index contributed by atoms with van der Waals surface area (Å²) in [5.74, 6) is 0.0832. The highest BCUT2D eigenvalue weighted by molar-refractivity contribution is 5.89. The van der Waals surface area contributed by atoms with Gasteiger partial charge in [0.15, 0.2) is 0 Å². The van der Waals surface area contributed by atoms with Gasteiger partial charge < -0.3 is 15.8 Å². The number of hydrogen-bond donors (Lipinski definition) is 2. The molecule has 4 nitrogen and oxygen atoms in total. The Kier molecular flexibility index (Phi) is 2.83. The van der Waals surface area contributed by atoms with Gasteiger partial charge in [-0.1, -0.05) is 26.0 Å². The maximum absolute atomic E-state index is 12.3. The Hall–Kier alpha value is -0.870. The van der Waals surface area contributed by atoms with Crippen molar-refractivity contribution in [1.29, 1.82) is 0 Å². The smallest absolute Gasteiger partial charge is 0.241 e. The summed E-state index contributed by atoms with van der Waals surface area (Å²) in [7, 11) is 0. The normalized spacial score (nSPS) is 38.1. The molecule has 2 rings (SSSR count). The van der Waals surface area contributed by atoms with Crippen molar-refractivity contribution in [3.8, 4) is 0 Å². The molecular weight excluding hydrogens is 216 g/mol. The number of hydrogen-bond acceptors (Lipinski definition) is 3. The lowest BCUT2D eigenvalue weighted by molar-refractivity contribution is -0.175. The predicted octanol–water partition coefficient (Wildman–Crippen LogP) is 0.821. The molecule has 4 heteroatoms. The number of rotatable bonds is 3. The molecule has 3 atom stereocenters. The molecule has 1 saturated carbocycles. The Labute approximate surface area is 103 Å². The molecular formula is C13H22N2O2. The van der Waals surface area contributed by atoms with Crippen LogP contribution >= 0.6 is 0 Å². The van der Waals surface area contributed by atoms with Crippen molar-refractivity contribution in [3.05, 3.63) is 12.2 Å². The first-order chi connectivity index (χ1) is 7.81. The van der Waals surface area contributed by atoms with Crippen LogP contribution in [0.15, 0.2) is 12.2 Å². The summed E-state index contributed by atoms with van der Waals surface area (Å²) >= 11 is 0. The van der Waals surface area contributed by atoms with E-state index in [1.54, 1.807) is 0 Å². The summed E-state index contributed by atoms with van der Waals surface area (Å²) in [5, 5.41) is 2.87. The number of amides is 1. The van der Waals surface area contributed by atoms with E-state index in [-0.39, 0.29) is 23.3 Å². The summed E-state index contributed by atoms with van der Waals surface area (Å²) in [6.45, 7) is 10.9. The zero-order valence-electron chi connectivity index (χ0n) is 10.9. The number of carbonyl (C=O) groups excluding carboxylic acids is 1. The third-order valence-electron chi connectivity index (χ3n) is 4.38. The standard InChI is InChI=1S/C13H22N2O2/c1-8(2)7-15-11(16)13(14)9-5-6-17-10(9)12(13,3)4/h9-10H,1,5-7,14H2,2-4H3,(H,15,16). The molecule has 0 radical (unpaired) electrons. The van der Waals surface area contributed by atoms with Crippen molar-refractivity contribution in [2.45, 2.75) is 38.8 Å². The highest BCUT2D eigenvalue weighted by Crippen LogP contribution is 2.58. The monoisotopic (exact) mass is 238 g/mol. The predicted molar refractivity (Wildman–Crippen MR) is 66.4 cm³/mol. The van der Waals surface area contributed by atoms with E-state index in [4.69, 9.17) is 10.5 Å². The molecule has 1 saturated heterocycles. The minimum absolute atomic E-state index is 0.0720. The average Bonchev–Trinajstić information content (AvgIpc) is 2.72. The van der Waals surface area contributed by atoms with Gasteiger partial charge in [-0.15, -0.1) is 0 Å². The number of ether oxygens (including phenoxy) is 1. The summed E-state index contributed by atoms with van der Waals surface area (Å²) in [4.78, 5) is 12.3. The van der Waals surface area contributed by atoms with E-state index in [2.05, 4.69) is 11.9 Å². The van der Waals surface area contributed by atoms with E-state index in [1.807, 2.05) is 20.8 Å². The zero-order valence-corrected chi connectivity index (χ0v) is 10.9. The maximum atomic E-state index is 12.3. The summed E-state index contributed by atoms with van der Waals surface area (Å²) in [6, 6.07) is 0. The van der Waals surface area contributed by atoms with E-state index in [9.17, 15) is 4.79 Å². The summed E-state index contributed by atoms with van der Waals surface area (Å²) < 4.78 is 5.66. The van der Waals surface area contributed by atoms with Crippen molar-refractivity contribution < 1.29 is 9.53 Å². The first-order valence-corrected chi connectivity index (χ1v) is 6.15. The van der Waals surface area contributed by atoms with Crippen LogP contribution in [-0.2, 0) is 9.53 Å². The summed E-state index contributed by atoms with van der Waals surface area (Å²) in [5.41, 5.74) is 6.20. The van der Waals surface area contributed by atoms with Crippen LogP contribution in [-0.4, -0.2) is 30.7 Å². The van der Waals surface area contributed by atoms with Crippen LogP contribution in [0.25, 0.3) is 0 Å². The highest BCUT2D eigenvalue weighted by Gasteiger charge is 2.71. The van der Waals surface area contributed by atoms with Crippen LogP contribution in [0.3, 0.4) is 0 Å². The quantitative estimate of drug-likeness (QED) is 0.716. The number of carbonyl (C=O) groups is 1. The third-order valence-corrected chi connectivity index (χ3v) is 4.38. The van der Waals surface area contributed by atoms with E-state index in [1.165, 1.54) is 0 Å². The number of fused-ring (bicyclic) bond motifs is 1. The van der Waals surface area contributed by atoms with Crippen LogP contribution in [0, 0.1) is 11.3 Å². The van der Waals surface area contributed by atoms with Gasteiger partial charge >= 0.3 is 0 Å². The second-order valence-electron chi connectivity index (χ2n) is 5.92. The van der Waals surface area contributed by atoms with Gasteiger partial charge in [-0.05, 0) is 13.3 Å². The van der Waals surface area contributed by atoms with Gasteiger partial charge in [0.2, 0.25) is 5.91 Å². The molecule has 0 aromatic heterocycles. The first-order valence-electron chi connectivity index (χ1n) is 6.15. The first kappa shape index (κ1) is 12.6. The van der Waals surface area contributed by atoms with Crippen molar-refractivity contribution >= 4 is 5.91 Å². The fourth-order valence-electron chi connectivity index (χ4n) is 3.22. The van der Waals surface area contributed by atoms with Gasteiger partial charge in [-0.2, -0.15) is 0 Å². The lowest BCUT2D eigenvalue weighted by Crippen LogP contribution is -2.80. The molecule has 17 heavy (non-hydrogen) atoms. The van der Waals surface area contributed by atoms with Gasteiger partial charge in [0.1, 0.15) is 5.54 Å². The Bertz CT molecular complexity index is 364. The molecule has 1 amide bonds. The number of nitrogens with one attached hydrogen (secondary N) is 1. The minimum Gasteiger partial charge on any atom is -0.377 e. The van der Waals surface area contributed by atoms with Crippen LogP contribution < -0.4 is 11.1 Å². The van der Waals surface area contributed by atoms with Gasteiger partial charge in [0.25, 0.3) is 0 Å². The molecule has 2 fully saturated rings. The van der Waals surface area contributed by atoms with Gasteiger partial charge in [0, 0.05) is 24.5 Å². The molecule has 1 heterocycles. The minimum atomic E-state index is -0.802. The largest absolute Gasteiger partial charge is 0.377 e. The van der Waals surface area contributed by atoms with E-state index < -0.39 is 5.54 Å². The zero-order chi connectivity index (χ0) is 12.8. The SMILES string of the molecule is C=C(C)CNC(=O)C1(N)C2CCOC2C1(C)C. The molecule has 96 valence electrons. The molecule has 1 aliphatic carbocycles. The second-order valence-corrected chi connectivity index (χ2v) is 5.92. The molecule has 1 aliphatic heterocycles. The maximum Gasteiger partial charge on any atom is 0.241 e. The molecule has 0 aromatic rings. The van der Waals surface area contributed by atoms with E-state index in [0.29, 0.717) is 13.2 Å². The Balaban J connectivity index is 2.12. The molecule has 3 N–H and O–H groups in total. The van der Waals surface area contributed by atoms with Gasteiger partial charge in [0.05, 0.1) is 6.10 Å². The third kappa shape index (κ3) is 1.54. The van der Waals surface area contributed by atoms with Crippen molar-refractivity contribution in [2.75, 3.05) is 13.2 Å². The molecule has 0 aromatic carbocycles. The molecule has 3 unspecified atom stereocenters. The van der Waals surface area contributed by atoms with Crippen molar-refractivity contribution in [3.63, 3.8) is 0 Å². The van der Waals surface area contributed by atoms with E-state index >= 15 is 0 Å². The average molecular weight is 238 g/mol. The van der Waals surface area contributed by atoms with Crippen molar-refractivity contribution in [2.24, 2.45) is 17.1 Å². The lowest BCUT2D eigenvalue weighted by atomic mass is 9.48. The van der Waals surface area contributed by atoms with Gasteiger partial charge in [-0.3, -0.25) is 4.79 Å². The van der Waals surface area contributed by atoms with Crippen LogP contribution in [0.5, 0.6) is 0 Å². The van der Waals surface area contributed by atoms with Crippen molar-refractivity contribution in [1.82, 2.24) is 5.32 Å².